The van der Waals surface area contributed by atoms with Crippen LogP contribution in [0.3, 0.4) is 0 Å². The zero-order valence-electron chi connectivity index (χ0n) is 43.5. The zero-order chi connectivity index (χ0) is 54.5. The van der Waals surface area contributed by atoms with E-state index in [1.54, 1.807) is 12.1 Å². The molecule has 18 heteroatoms. The summed E-state index contributed by atoms with van der Waals surface area (Å²) in [6.45, 7) is 12.2. The molecular weight excluding hydrogens is 973 g/mol. The van der Waals surface area contributed by atoms with Crippen LogP contribution in [0.25, 0.3) is 0 Å². The van der Waals surface area contributed by atoms with Crippen molar-refractivity contribution in [3.05, 3.63) is 173 Å². The number of nitro benzene ring substituents is 2. The molecule has 1 aliphatic rings. The van der Waals surface area contributed by atoms with Crippen LogP contribution in [0.4, 0.5) is 34.1 Å². The van der Waals surface area contributed by atoms with E-state index < -0.39 is 21.7 Å². The summed E-state index contributed by atoms with van der Waals surface area (Å²) in [5.74, 6) is 0.519. The third-order valence-electron chi connectivity index (χ3n) is 12.1. The van der Waals surface area contributed by atoms with E-state index in [-0.39, 0.29) is 60.0 Å². The average Bonchev–Trinajstić information content (AvgIpc) is 3.38. The number of hydrogen-bond acceptors (Lipinski definition) is 12. The van der Waals surface area contributed by atoms with Crippen LogP contribution < -0.4 is 40.2 Å². The first-order chi connectivity index (χ1) is 36.6. The SMILES string of the molecule is CCCOc1c2cc(NC(C)=O)cc1Cc1cc(NC(=O)c3ccc([N+](=O)[O-])cc3)cc(c1OCCC)Cc1cc(NC(=O)c3ccc([N+](=O)[O-])cc3)cc(c1OCCC)Cc1cc(NC(C)=O)cc(c1OCCC)C2. The lowest BCUT2D eigenvalue weighted by molar-refractivity contribution is -0.385. The molecule has 0 atom stereocenters. The number of ether oxygens (including phenoxy) is 4. The van der Waals surface area contributed by atoms with Crippen molar-refractivity contribution in [1.82, 2.24) is 0 Å². The maximum Gasteiger partial charge on any atom is 0.269 e. The highest BCUT2D eigenvalue weighted by atomic mass is 16.6. The molecule has 0 aliphatic heterocycles. The number of nitrogens with zero attached hydrogens (tertiary/aromatic N) is 2. The maximum atomic E-state index is 14.1. The van der Waals surface area contributed by atoms with Crippen LogP contribution >= 0.6 is 0 Å². The van der Waals surface area contributed by atoms with Gasteiger partial charge in [0.2, 0.25) is 11.8 Å². The van der Waals surface area contributed by atoms with Crippen molar-refractivity contribution in [3.8, 4) is 23.0 Å². The molecule has 0 unspecified atom stereocenters. The first kappa shape index (κ1) is 55.0. The summed E-state index contributed by atoms with van der Waals surface area (Å²) >= 11 is 0. The minimum absolute atomic E-state index is 0.118. The molecule has 0 saturated carbocycles. The molecule has 0 saturated heterocycles. The molecule has 4 amide bonds. The number of non-ortho nitro benzene ring substituents is 2. The fourth-order valence-corrected chi connectivity index (χ4v) is 9.02. The van der Waals surface area contributed by atoms with Crippen LogP contribution in [-0.2, 0) is 35.3 Å². The van der Waals surface area contributed by atoms with Gasteiger partial charge in [0.05, 0.1) is 36.3 Å². The molecule has 6 aromatic carbocycles. The number of rotatable bonds is 20. The standard InChI is InChI=1S/C58H62N6O12/c1-7-19-73-53-39-23-40-28-48(60-36(6)66)30-42(54(40)74-20-8-2)25-44-32-50(62-58(68)38-13-17-52(18-14-38)64(71)72)34-46(56(44)76-22-10-4)26-45-33-49(61-57(67)37-11-15-51(16-12-37)63(69)70)31-43(55(45)75-21-9-3)24-41(53)29-47(27-39)59-35(5)65/h11-18,27-34H,7-10,19-26H2,1-6H3,(H,59,65)(H,60,66)(H,61,67)(H,62,68). The quantitative estimate of drug-likeness (QED) is 0.0412. The van der Waals surface area contributed by atoms with Crippen molar-refractivity contribution in [2.24, 2.45) is 0 Å². The largest absolute Gasteiger partial charge is 0.493 e. The van der Waals surface area contributed by atoms with Gasteiger partial charge in [-0.2, -0.15) is 0 Å². The van der Waals surface area contributed by atoms with E-state index in [4.69, 9.17) is 18.9 Å². The van der Waals surface area contributed by atoms with Gasteiger partial charge in [0.25, 0.3) is 23.2 Å². The van der Waals surface area contributed by atoms with Gasteiger partial charge in [0.15, 0.2) is 0 Å². The molecule has 7 rings (SSSR count). The van der Waals surface area contributed by atoms with Gasteiger partial charge in [-0.1, -0.05) is 27.7 Å². The minimum atomic E-state index is -0.540. The molecule has 396 valence electrons. The van der Waals surface area contributed by atoms with E-state index in [0.717, 1.165) is 0 Å². The highest BCUT2D eigenvalue weighted by molar-refractivity contribution is 6.05. The maximum absolute atomic E-state index is 14.1. The van der Waals surface area contributed by atoms with Gasteiger partial charge in [0.1, 0.15) is 23.0 Å². The second-order valence-electron chi connectivity index (χ2n) is 18.5. The Morgan fingerprint density at radius 2 is 0.632 bits per heavy atom. The lowest BCUT2D eigenvalue weighted by Crippen LogP contribution is -2.15. The Labute approximate surface area is 440 Å². The highest BCUT2D eigenvalue weighted by Gasteiger charge is 2.26. The molecule has 76 heavy (non-hydrogen) atoms. The third kappa shape index (κ3) is 13.9. The molecule has 0 spiro atoms. The molecule has 0 fully saturated rings. The van der Waals surface area contributed by atoms with Gasteiger partial charge in [-0.3, -0.25) is 39.4 Å². The van der Waals surface area contributed by atoms with Crippen LogP contribution in [0.5, 0.6) is 23.0 Å². The first-order valence-corrected chi connectivity index (χ1v) is 25.4. The van der Waals surface area contributed by atoms with E-state index >= 15 is 0 Å². The molecule has 1 aliphatic carbocycles. The number of hydrogen-bond donors (Lipinski definition) is 4. The van der Waals surface area contributed by atoms with E-state index in [2.05, 4.69) is 21.3 Å². The summed E-state index contributed by atoms with van der Waals surface area (Å²) in [7, 11) is 0. The lowest BCUT2D eigenvalue weighted by Gasteiger charge is -2.25. The molecular formula is C58H62N6O12. The Hall–Kier alpha value is -8.80. The van der Waals surface area contributed by atoms with Gasteiger partial charge >= 0.3 is 0 Å². The Morgan fingerprint density at radius 1 is 0.408 bits per heavy atom. The summed E-state index contributed by atoms with van der Waals surface area (Å²) in [6.07, 6.45) is 3.30. The first-order valence-electron chi connectivity index (χ1n) is 25.4. The number of amides is 4. The fraction of sp³-hybridized carbons (Fsp3) is 0.310. The monoisotopic (exact) mass is 1030 g/mol. The van der Waals surface area contributed by atoms with Gasteiger partial charge < -0.3 is 40.2 Å². The van der Waals surface area contributed by atoms with Crippen LogP contribution in [-0.4, -0.2) is 59.9 Å². The highest BCUT2D eigenvalue weighted by Crippen LogP contribution is 2.43. The summed E-state index contributed by atoms with van der Waals surface area (Å²) in [5.41, 5.74) is 7.12. The van der Waals surface area contributed by atoms with Crippen molar-refractivity contribution in [2.45, 2.75) is 92.9 Å². The molecule has 0 aromatic heterocycles. The smallest absolute Gasteiger partial charge is 0.269 e. The van der Waals surface area contributed by atoms with E-state index in [0.29, 0.717) is 142 Å². The summed E-state index contributed by atoms with van der Waals surface area (Å²) in [6, 6.07) is 25.3. The molecule has 4 N–H and O–H groups in total. The van der Waals surface area contributed by atoms with Crippen LogP contribution in [0, 0.1) is 20.2 Å². The average molecular weight is 1040 g/mol. The second kappa shape index (κ2) is 25.4. The van der Waals surface area contributed by atoms with Crippen LogP contribution in [0.1, 0.15) is 132 Å². The third-order valence-corrected chi connectivity index (χ3v) is 12.1. The van der Waals surface area contributed by atoms with Gasteiger partial charge in [0, 0.05) is 142 Å². The topological polar surface area (TPSA) is 240 Å². The summed E-state index contributed by atoms with van der Waals surface area (Å²) in [4.78, 5) is 75.7. The summed E-state index contributed by atoms with van der Waals surface area (Å²) < 4.78 is 26.9. The number of anilines is 4. The number of benzene rings is 6. The second-order valence-corrected chi connectivity index (χ2v) is 18.5. The number of nitro groups is 2. The Balaban J connectivity index is 1.55. The molecule has 18 nitrogen and oxygen atoms in total. The molecule has 8 bridgehead atoms. The van der Waals surface area contributed by atoms with Crippen molar-refractivity contribution in [1.29, 1.82) is 0 Å². The predicted molar refractivity (Wildman–Crippen MR) is 291 cm³/mol. The molecule has 0 radical (unpaired) electrons. The molecule has 0 heterocycles. The van der Waals surface area contributed by atoms with Crippen molar-refractivity contribution < 1.29 is 48.0 Å². The van der Waals surface area contributed by atoms with Gasteiger partial charge in [-0.15, -0.1) is 0 Å². The summed E-state index contributed by atoms with van der Waals surface area (Å²) in [5, 5.41) is 35.0. The van der Waals surface area contributed by atoms with Crippen molar-refractivity contribution in [2.75, 3.05) is 47.7 Å². The van der Waals surface area contributed by atoms with Crippen LogP contribution in [0.2, 0.25) is 0 Å². The molecule has 6 aromatic rings. The Bertz CT molecular complexity index is 2950. The number of carbonyl (C=O) groups is 4. The van der Waals surface area contributed by atoms with Crippen molar-refractivity contribution in [3.63, 3.8) is 0 Å². The normalized spacial score (nSPS) is 11.7. The number of nitrogens with one attached hydrogen (secondary N) is 4. The van der Waals surface area contributed by atoms with E-state index in [9.17, 15) is 39.4 Å². The van der Waals surface area contributed by atoms with E-state index in [1.807, 2.05) is 64.1 Å². The Kier molecular flexibility index (Phi) is 18.4. The lowest BCUT2D eigenvalue weighted by atomic mass is 9.90. The Morgan fingerprint density at radius 3 is 0.829 bits per heavy atom. The predicted octanol–water partition coefficient (Wildman–Crippen LogP) is 11.8. The number of fused-ring (bicyclic) bond motifs is 8. The number of carbonyl (C=O) groups excluding carboxylic acids is 4. The minimum Gasteiger partial charge on any atom is -0.493 e. The zero-order valence-corrected chi connectivity index (χ0v) is 43.5. The fourth-order valence-electron chi connectivity index (χ4n) is 9.02. The van der Waals surface area contributed by atoms with Crippen molar-refractivity contribution >= 4 is 57.8 Å². The van der Waals surface area contributed by atoms with Gasteiger partial charge in [-0.05, 0) is 98.5 Å². The van der Waals surface area contributed by atoms with Crippen LogP contribution in [0.15, 0.2) is 97.1 Å². The van der Waals surface area contributed by atoms with E-state index in [1.165, 1.54) is 62.4 Å². The van der Waals surface area contributed by atoms with Gasteiger partial charge in [-0.25, -0.2) is 0 Å².